The molecule has 2 nitrogen and oxygen atoms in total. The summed E-state index contributed by atoms with van der Waals surface area (Å²) < 4.78 is 12.4. The summed E-state index contributed by atoms with van der Waals surface area (Å²) in [5.41, 5.74) is 0.181. The molecule has 0 saturated carbocycles. The largest absolute Gasteiger partial charge is 0.309 e. The molecule has 1 aliphatic rings. The van der Waals surface area contributed by atoms with Gasteiger partial charge in [0, 0.05) is 31.2 Å². The van der Waals surface area contributed by atoms with Crippen molar-refractivity contribution in [2.24, 2.45) is 0 Å². The molecule has 1 N–H and O–H groups in total. The summed E-state index contributed by atoms with van der Waals surface area (Å²) in [5.74, 6) is 0. The predicted octanol–water partition coefficient (Wildman–Crippen LogP) is 1.81. The van der Waals surface area contributed by atoms with Gasteiger partial charge in [-0.3, -0.25) is 4.90 Å². The number of piperazine rings is 1. The van der Waals surface area contributed by atoms with Crippen molar-refractivity contribution < 1.29 is 4.39 Å². The number of hydrogen-bond acceptors (Lipinski definition) is 2. The topological polar surface area (TPSA) is 15.3 Å². The van der Waals surface area contributed by atoms with E-state index < -0.39 is 0 Å². The molecule has 2 atom stereocenters. The molecule has 1 heterocycles. The maximum Gasteiger partial charge on any atom is 0.102 e. The summed E-state index contributed by atoms with van der Waals surface area (Å²) in [6.45, 7) is 8.93. The van der Waals surface area contributed by atoms with Gasteiger partial charge in [-0.15, -0.1) is 0 Å². The first-order chi connectivity index (χ1) is 6.65. The Morgan fingerprint density at radius 3 is 2.71 bits per heavy atom. The Labute approximate surface area is 86.9 Å². The van der Waals surface area contributed by atoms with Crippen molar-refractivity contribution in [1.82, 2.24) is 10.2 Å². The highest BCUT2D eigenvalue weighted by Crippen LogP contribution is 2.19. The van der Waals surface area contributed by atoms with Gasteiger partial charge in [0.05, 0.1) is 0 Å². The van der Waals surface area contributed by atoms with Crippen LogP contribution in [-0.4, -0.2) is 42.8 Å². The number of nitrogens with zero attached hydrogens (tertiary/aromatic N) is 1. The van der Waals surface area contributed by atoms with Crippen molar-refractivity contribution in [3.05, 3.63) is 0 Å². The molecule has 1 saturated heterocycles. The Hall–Kier alpha value is -0.150. The summed E-state index contributed by atoms with van der Waals surface area (Å²) >= 11 is 0. The zero-order chi connectivity index (χ0) is 10.6. The molecule has 0 radical (unpaired) electrons. The highest BCUT2D eigenvalue weighted by Gasteiger charge is 2.33. The van der Waals surface area contributed by atoms with Gasteiger partial charge in [-0.1, -0.05) is 13.8 Å². The third-order valence-electron chi connectivity index (χ3n) is 3.46. The van der Waals surface area contributed by atoms with E-state index in [1.165, 1.54) is 0 Å². The van der Waals surface area contributed by atoms with Gasteiger partial charge in [0.2, 0.25) is 0 Å². The summed E-state index contributed by atoms with van der Waals surface area (Å²) in [6.07, 6.45) is 2.21. The van der Waals surface area contributed by atoms with Crippen LogP contribution in [0.2, 0.25) is 0 Å². The first-order valence-corrected chi connectivity index (χ1v) is 5.70. The van der Waals surface area contributed by atoms with E-state index in [2.05, 4.69) is 31.0 Å². The van der Waals surface area contributed by atoms with E-state index in [9.17, 15) is 4.39 Å². The molecule has 0 aromatic heterocycles. The van der Waals surface area contributed by atoms with Crippen LogP contribution in [0, 0.1) is 0 Å². The van der Waals surface area contributed by atoms with Crippen LogP contribution in [0.15, 0.2) is 0 Å². The lowest BCUT2D eigenvalue weighted by molar-refractivity contribution is 0.0765. The van der Waals surface area contributed by atoms with Crippen LogP contribution in [0.1, 0.15) is 33.6 Å². The van der Waals surface area contributed by atoms with Crippen molar-refractivity contribution in [1.29, 1.82) is 0 Å². The van der Waals surface area contributed by atoms with Gasteiger partial charge in [-0.2, -0.15) is 0 Å². The van der Waals surface area contributed by atoms with Crippen LogP contribution in [0.3, 0.4) is 0 Å². The summed E-state index contributed by atoms with van der Waals surface area (Å²) in [4.78, 5) is 2.29. The van der Waals surface area contributed by atoms with Gasteiger partial charge in [0.25, 0.3) is 0 Å². The van der Waals surface area contributed by atoms with E-state index in [0.29, 0.717) is 12.6 Å². The molecule has 0 aromatic carbocycles. The Morgan fingerprint density at radius 2 is 2.21 bits per heavy atom. The zero-order valence-corrected chi connectivity index (χ0v) is 9.65. The third kappa shape index (κ3) is 2.67. The van der Waals surface area contributed by atoms with E-state index in [-0.39, 0.29) is 12.2 Å². The summed E-state index contributed by atoms with van der Waals surface area (Å²) in [5, 5.41) is 3.57. The Kier molecular flexibility index (Phi) is 4.32. The molecule has 2 unspecified atom stereocenters. The smallest absolute Gasteiger partial charge is 0.102 e. The number of halogens is 1. The van der Waals surface area contributed by atoms with Crippen molar-refractivity contribution in [3.63, 3.8) is 0 Å². The van der Waals surface area contributed by atoms with Gasteiger partial charge in [-0.25, -0.2) is 4.39 Å². The number of hydrogen-bond donors (Lipinski definition) is 1. The van der Waals surface area contributed by atoms with Crippen molar-refractivity contribution in [3.8, 4) is 0 Å². The summed E-state index contributed by atoms with van der Waals surface area (Å²) in [6, 6.07) is 0.519. The predicted molar refractivity (Wildman–Crippen MR) is 58.3 cm³/mol. The highest BCUT2D eigenvalue weighted by atomic mass is 19.1. The monoisotopic (exact) mass is 202 g/mol. The van der Waals surface area contributed by atoms with Crippen LogP contribution >= 0.6 is 0 Å². The minimum atomic E-state index is -0.226. The Balaban J connectivity index is 2.56. The maximum absolute atomic E-state index is 12.4. The fourth-order valence-corrected chi connectivity index (χ4v) is 2.14. The molecule has 14 heavy (non-hydrogen) atoms. The zero-order valence-electron chi connectivity index (χ0n) is 9.65. The second kappa shape index (κ2) is 5.08. The van der Waals surface area contributed by atoms with Crippen molar-refractivity contribution in [2.45, 2.75) is 45.2 Å². The van der Waals surface area contributed by atoms with E-state index in [1.807, 2.05) is 0 Å². The minimum absolute atomic E-state index is 0.181. The molecule has 0 spiro atoms. The molecule has 1 rings (SSSR count). The van der Waals surface area contributed by atoms with Gasteiger partial charge in [0.15, 0.2) is 0 Å². The fourth-order valence-electron chi connectivity index (χ4n) is 2.14. The van der Waals surface area contributed by atoms with Crippen molar-refractivity contribution >= 4 is 0 Å². The number of nitrogens with one attached hydrogen (secondary N) is 1. The SMILES string of the molecule is CCC1CNC(C)(CC)CN1CCF. The molecule has 0 amide bonds. The molecule has 84 valence electrons. The van der Waals surface area contributed by atoms with Crippen LogP contribution in [0.25, 0.3) is 0 Å². The van der Waals surface area contributed by atoms with Gasteiger partial charge >= 0.3 is 0 Å². The first-order valence-electron chi connectivity index (χ1n) is 5.70. The third-order valence-corrected chi connectivity index (χ3v) is 3.46. The lowest BCUT2D eigenvalue weighted by atomic mass is 9.93. The molecular formula is C11H23FN2. The normalized spacial score (nSPS) is 34.7. The number of rotatable bonds is 4. The van der Waals surface area contributed by atoms with E-state index in [1.54, 1.807) is 0 Å². The molecule has 0 bridgehead atoms. The maximum atomic E-state index is 12.4. The average molecular weight is 202 g/mol. The van der Waals surface area contributed by atoms with Gasteiger partial charge in [-0.05, 0) is 19.8 Å². The summed E-state index contributed by atoms with van der Waals surface area (Å²) in [7, 11) is 0. The molecule has 0 aliphatic carbocycles. The lowest BCUT2D eigenvalue weighted by Crippen LogP contribution is -2.62. The second-order valence-electron chi connectivity index (χ2n) is 4.52. The van der Waals surface area contributed by atoms with Gasteiger partial charge in [0.1, 0.15) is 6.67 Å². The van der Waals surface area contributed by atoms with Gasteiger partial charge < -0.3 is 5.32 Å². The second-order valence-corrected chi connectivity index (χ2v) is 4.52. The molecule has 3 heteroatoms. The standard InChI is InChI=1S/C11H23FN2/c1-4-10-8-13-11(3,5-2)9-14(10)7-6-12/h10,13H,4-9H2,1-3H3. The number of alkyl halides is 1. The average Bonchev–Trinajstić information content (AvgIpc) is 2.19. The van der Waals surface area contributed by atoms with Crippen LogP contribution in [0.4, 0.5) is 4.39 Å². The van der Waals surface area contributed by atoms with E-state index in [0.717, 1.165) is 25.9 Å². The first kappa shape index (κ1) is 11.9. The Bertz CT molecular complexity index is 175. The van der Waals surface area contributed by atoms with E-state index >= 15 is 0 Å². The molecular weight excluding hydrogens is 179 g/mol. The quantitative estimate of drug-likeness (QED) is 0.748. The lowest BCUT2D eigenvalue weighted by Gasteiger charge is -2.45. The van der Waals surface area contributed by atoms with Crippen LogP contribution < -0.4 is 5.32 Å². The highest BCUT2D eigenvalue weighted by molar-refractivity contribution is 4.93. The van der Waals surface area contributed by atoms with Crippen LogP contribution in [-0.2, 0) is 0 Å². The van der Waals surface area contributed by atoms with E-state index in [4.69, 9.17) is 0 Å². The van der Waals surface area contributed by atoms with Crippen molar-refractivity contribution in [2.75, 3.05) is 26.3 Å². The molecule has 1 aliphatic heterocycles. The minimum Gasteiger partial charge on any atom is -0.309 e. The Morgan fingerprint density at radius 1 is 1.50 bits per heavy atom. The fraction of sp³-hybridized carbons (Fsp3) is 1.00. The molecule has 0 aromatic rings. The van der Waals surface area contributed by atoms with Crippen LogP contribution in [0.5, 0.6) is 0 Å². The molecule has 1 fully saturated rings.